The number of rotatable bonds is 0. The molecule has 0 aliphatic carbocycles. The zero-order chi connectivity index (χ0) is 11.5. The van der Waals surface area contributed by atoms with Gasteiger partial charge in [-0.2, -0.15) is 0 Å². The van der Waals surface area contributed by atoms with Gasteiger partial charge in [0.15, 0.2) is 0 Å². The van der Waals surface area contributed by atoms with E-state index in [9.17, 15) is 27.6 Å². The first kappa shape index (κ1) is 9.71. The molecular weight excluding hydrogens is 245 g/mol. The van der Waals surface area contributed by atoms with Crippen molar-refractivity contribution in [1.82, 2.24) is 0 Å². The van der Waals surface area contributed by atoms with Crippen LogP contribution in [0.5, 0.6) is 0 Å². The molecule has 15 heavy (non-hydrogen) atoms. The van der Waals surface area contributed by atoms with Crippen LogP contribution in [0.25, 0.3) is 0 Å². The first-order valence-corrected chi connectivity index (χ1v) is 5.34. The third kappa shape index (κ3) is 1.08. The molecule has 1 spiro atoms. The van der Waals surface area contributed by atoms with E-state index in [-0.39, 0.29) is 0 Å². The van der Waals surface area contributed by atoms with Crippen molar-refractivity contribution in [3.63, 3.8) is 0 Å². The molecule has 2 fully saturated rings. The van der Waals surface area contributed by atoms with E-state index >= 15 is 0 Å². The van der Waals surface area contributed by atoms with Gasteiger partial charge in [-0.3, -0.25) is 0 Å². The molecule has 0 saturated carbocycles. The predicted octanol–water partition coefficient (Wildman–Crippen LogP) is -0.296. The first-order valence-electron chi connectivity index (χ1n) is 3.20. The summed E-state index contributed by atoms with van der Waals surface area (Å²) >= 11 is 0. The number of hydrogen-bond donors (Lipinski definition) is 0. The van der Waals surface area contributed by atoms with Gasteiger partial charge in [0.2, 0.25) is 0 Å². The van der Waals surface area contributed by atoms with E-state index in [1.54, 1.807) is 0 Å². The van der Waals surface area contributed by atoms with Crippen molar-refractivity contribution < 1.29 is 45.7 Å². The second-order valence-corrected chi connectivity index (χ2v) is 5.43. The van der Waals surface area contributed by atoms with Crippen LogP contribution in [0.3, 0.4) is 0 Å². The topological polar surface area (TPSA) is 105 Å². The molecule has 2 aliphatic heterocycles. The third-order valence-corrected chi connectivity index (χ3v) is 3.50. The van der Waals surface area contributed by atoms with Gasteiger partial charge in [-0.15, -0.1) is 0 Å². The molecule has 0 bridgehead atoms. The van der Waals surface area contributed by atoms with Crippen molar-refractivity contribution in [2.24, 2.45) is 0 Å². The standard InChI is InChI=1S/C4F2O8P/c5-15(6,11-1(7)2(8)12-15)13-3(9)4(10)14-15/q-1. The fourth-order valence-corrected chi connectivity index (χ4v) is 2.75. The molecule has 0 aromatic heterocycles. The Balaban J connectivity index is 2.59. The molecule has 2 aliphatic rings. The van der Waals surface area contributed by atoms with Crippen LogP contribution in [0.15, 0.2) is 0 Å². The second-order valence-electron chi connectivity index (χ2n) is 2.58. The van der Waals surface area contributed by atoms with Crippen molar-refractivity contribution in [3.05, 3.63) is 0 Å². The van der Waals surface area contributed by atoms with Gasteiger partial charge >= 0.3 is 77.0 Å². The van der Waals surface area contributed by atoms with Crippen LogP contribution in [0.2, 0.25) is 0 Å². The van der Waals surface area contributed by atoms with Crippen LogP contribution in [0, 0.1) is 0 Å². The molecule has 11 heteroatoms. The maximum atomic E-state index is 13.6. The minimum atomic E-state index is -8.28. The molecule has 2 heterocycles. The number of carbonyl (C=O) groups is 4. The SMILES string of the molecule is O=C1O[P-]2(F)(F)(OC1=O)OC(=O)C(=O)O2. The molecule has 84 valence electrons. The average molecular weight is 245 g/mol. The summed E-state index contributed by atoms with van der Waals surface area (Å²) in [5, 5.41) is 0. The quantitative estimate of drug-likeness (QED) is 0.423. The van der Waals surface area contributed by atoms with Crippen molar-refractivity contribution in [1.29, 1.82) is 0 Å². The molecule has 2 rings (SSSR count). The molecule has 0 N–H and O–H groups in total. The van der Waals surface area contributed by atoms with Crippen LogP contribution >= 0.6 is 7.47 Å². The number of hydrogen-bond acceptors (Lipinski definition) is 8. The average Bonchev–Trinajstić information content (AvgIpc) is 2.29. The summed E-state index contributed by atoms with van der Waals surface area (Å²) in [7, 11) is -8.28. The van der Waals surface area contributed by atoms with Gasteiger partial charge in [0, 0.05) is 0 Å². The van der Waals surface area contributed by atoms with E-state index < -0.39 is 31.4 Å². The Morgan fingerprint density at radius 2 is 0.867 bits per heavy atom. The Morgan fingerprint density at radius 1 is 0.667 bits per heavy atom. The minimum absolute atomic E-state index is 2.11. The van der Waals surface area contributed by atoms with E-state index in [0.717, 1.165) is 0 Å². The van der Waals surface area contributed by atoms with Gasteiger partial charge in [0.05, 0.1) is 0 Å². The summed E-state index contributed by atoms with van der Waals surface area (Å²) in [6, 6.07) is 0. The summed E-state index contributed by atoms with van der Waals surface area (Å²) in [6.07, 6.45) is 0. The van der Waals surface area contributed by atoms with E-state index in [0.29, 0.717) is 0 Å². The van der Waals surface area contributed by atoms with Crippen LogP contribution in [0.1, 0.15) is 0 Å². The van der Waals surface area contributed by atoms with Gasteiger partial charge in [0.1, 0.15) is 0 Å². The normalized spacial score (nSPS) is 34.0. The van der Waals surface area contributed by atoms with Gasteiger partial charge in [-0.05, 0) is 0 Å². The summed E-state index contributed by atoms with van der Waals surface area (Å²) in [4.78, 5) is 41.7. The number of halogens is 2. The summed E-state index contributed by atoms with van der Waals surface area (Å²) in [5.74, 6) is -8.45. The van der Waals surface area contributed by atoms with Gasteiger partial charge in [-0.1, -0.05) is 0 Å². The zero-order valence-electron chi connectivity index (χ0n) is 6.47. The summed E-state index contributed by atoms with van der Waals surface area (Å²) < 4.78 is 40.2. The van der Waals surface area contributed by atoms with Gasteiger partial charge in [-0.25, -0.2) is 0 Å². The summed E-state index contributed by atoms with van der Waals surface area (Å²) in [6.45, 7) is 0. The molecule has 0 atom stereocenters. The van der Waals surface area contributed by atoms with Crippen LogP contribution in [-0.4, -0.2) is 23.9 Å². The molecule has 0 amide bonds. The third-order valence-electron chi connectivity index (χ3n) is 1.39. The van der Waals surface area contributed by atoms with E-state index in [2.05, 4.69) is 18.1 Å². The maximum absolute atomic E-state index is 13.6. The Hall–Kier alpha value is -1.83. The van der Waals surface area contributed by atoms with Crippen molar-refractivity contribution >= 4 is 31.4 Å². The Morgan fingerprint density at radius 3 is 1.07 bits per heavy atom. The van der Waals surface area contributed by atoms with Crippen LogP contribution in [-0.2, 0) is 37.3 Å². The molecule has 2 saturated heterocycles. The Kier molecular flexibility index (Phi) is 1.16. The molecule has 0 radical (unpaired) electrons. The van der Waals surface area contributed by atoms with E-state index in [4.69, 9.17) is 0 Å². The van der Waals surface area contributed by atoms with Gasteiger partial charge in [0.25, 0.3) is 0 Å². The van der Waals surface area contributed by atoms with Crippen LogP contribution in [0.4, 0.5) is 8.39 Å². The van der Waals surface area contributed by atoms with E-state index in [1.165, 1.54) is 0 Å². The van der Waals surface area contributed by atoms with E-state index in [1.807, 2.05) is 0 Å². The summed E-state index contributed by atoms with van der Waals surface area (Å²) in [5.41, 5.74) is 0. The zero-order valence-corrected chi connectivity index (χ0v) is 7.36. The van der Waals surface area contributed by atoms with Crippen LogP contribution < -0.4 is 0 Å². The van der Waals surface area contributed by atoms with Crippen molar-refractivity contribution in [2.45, 2.75) is 0 Å². The predicted molar refractivity (Wildman–Crippen MR) is 33.5 cm³/mol. The molecular formula is C4F2O8P-. The Bertz CT molecular complexity index is 380. The second kappa shape index (κ2) is 1.78. The van der Waals surface area contributed by atoms with Crippen molar-refractivity contribution in [2.75, 3.05) is 0 Å². The molecule has 8 nitrogen and oxygen atoms in total. The molecule has 0 aromatic carbocycles. The first-order chi connectivity index (χ1) is 6.58. The van der Waals surface area contributed by atoms with Gasteiger partial charge < -0.3 is 0 Å². The molecule has 0 unspecified atom stereocenters. The fraction of sp³-hybridized carbons (Fsp3) is 0. The Labute approximate surface area is 78.1 Å². The monoisotopic (exact) mass is 245 g/mol. The fourth-order valence-electron chi connectivity index (χ4n) is 0.918. The van der Waals surface area contributed by atoms with Crippen molar-refractivity contribution in [3.8, 4) is 0 Å². The number of carbonyl (C=O) groups excluding carboxylic acids is 4. The molecule has 0 aromatic rings.